The molecule has 0 amide bonds. The number of carboxylic acids is 1. The van der Waals surface area contributed by atoms with Crippen molar-refractivity contribution in [2.45, 2.75) is 39.5 Å². The van der Waals surface area contributed by atoms with Gasteiger partial charge in [-0.1, -0.05) is 0 Å². The molecule has 1 aromatic rings. The third kappa shape index (κ3) is 2.73. The quantitative estimate of drug-likeness (QED) is 0.891. The van der Waals surface area contributed by atoms with Gasteiger partial charge >= 0.3 is 5.97 Å². The average molecular weight is 253 g/mol. The van der Waals surface area contributed by atoms with E-state index in [1.165, 1.54) is 0 Å². The third-order valence-electron chi connectivity index (χ3n) is 3.30. The highest BCUT2D eigenvalue weighted by molar-refractivity contribution is 5.88. The number of aromatic carboxylic acids is 1. The molecular formula is C13H19NO4. The first-order valence-corrected chi connectivity index (χ1v) is 6.15. The largest absolute Gasteiger partial charge is 0.478 e. The van der Waals surface area contributed by atoms with Gasteiger partial charge in [-0.3, -0.25) is 4.90 Å². The second-order valence-electron chi connectivity index (χ2n) is 4.91. The Morgan fingerprint density at radius 3 is 2.89 bits per heavy atom. The van der Waals surface area contributed by atoms with Crippen molar-refractivity contribution in [1.29, 1.82) is 0 Å². The molecule has 18 heavy (non-hydrogen) atoms. The van der Waals surface area contributed by atoms with Gasteiger partial charge in [-0.25, -0.2) is 4.79 Å². The van der Waals surface area contributed by atoms with Gasteiger partial charge in [-0.15, -0.1) is 0 Å². The van der Waals surface area contributed by atoms with Crippen LogP contribution in [-0.2, 0) is 11.3 Å². The van der Waals surface area contributed by atoms with Gasteiger partial charge in [-0.2, -0.15) is 0 Å². The van der Waals surface area contributed by atoms with Gasteiger partial charge in [-0.05, 0) is 26.8 Å². The third-order valence-corrected chi connectivity index (χ3v) is 3.30. The van der Waals surface area contributed by atoms with Crippen molar-refractivity contribution in [1.82, 2.24) is 4.90 Å². The van der Waals surface area contributed by atoms with Crippen molar-refractivity contribution >= 4 is 5.97 Å². The highest BCUT2D eigenvalue weighted by Crippen LogP contribution is 2.19. The van der Waals surface area contributed by atoms with Gasteiger partial charge < -0.3 is 14.3 Å². The summed E-state index contributed by atoms with van der Waals surface area (Å²) in [6.45, 7) is 7.98. The van der Waals surface area contributed by atoms with E-state index in [4.69, 9.17) is 14.3 Å². The molecule has 2 atom stereocenters. The van der Waals surface area contributed by atoms with Crippen molar-refractivity contribution in [2.75, 3.05) is 13.2 Å². The molecule has 0 bridgehead atoms. The van der Waals surface area contributed by atoms with Crippen LogP contribution >= 0.6 is 0 Å². The molecule has 1 aliphatic rings. The Labute approximate surface area is 106 Å². The second kappa shape index (κ2) is 5.12. The van der Waals surface area contributed by atoms with E-state index in [9.17, 15) is 4.79 Å². The summed E-state index contributed by atoms with van der Waals surface area (Å²) in [7, 11) is 0. The Hall–Kier alpha value is -1.33. The molecule has 0 spiro atoms. The van der Waals surface area contributed by atoms with Gasteiger partial charge in [0, 0.05) is 12.6 Å². The Kier molecular flexibility index (Phi) is 3.73. The van der Waals surface area contributed by atoms with Gasteiger partial charge in [0.05, 0.1) is 19.3 Å². The van der Waals surface area contributed by atoms with Crippen molar-refractivity contribution in [2.24, 2.45) is 0 Å². The number of carbonyl (C=O) groups is 1. The van der Waals surface area contributed by atoms with Gasteiger partial charge in [0.25, 0.3) is 0 Å². The van der Waals surface area contributed by atoms with Crippen molar-refractivity contribution in [3.8, 4) is 0 Å². The molecule has 0 aromatic carbocycles. The fraction of sp³-hybridized carbons (Fsp3) is 0.615. The molecule has 5 heteroatoms. The highest BCUT2D eigenvalue weighted by Gasteiger charge is 2.25. The molecular weight excluding hydrogens is 234 g/mol. The van der Waals surface area contributed by atoms with Crippen molar-refractivity contribution in [3.63, 3.8) is 0 Å². The van der Waals surface area contributed by atoms with Crippen molar-refractivity contribution < 1.29 is 19.1 Å². The van der Waals surface area contributed by atoms with Crippen LogP contribution in [-0.4, -0.2) is 41.3 Å². The molecule has 2 heterocycles. The Balaban J connectivity index is 2.08. The summed E-state index contributed by atoms with van der Waals surface area (Å²) in [6, 6.07) is 1.93. The molecule has 1 saturated heterocycles. The topological polar surface area (TPSA) is 62.9 Å². The number of hydrogen-bond acceptors (Lipinski definition) is 4. The fourth-order valence-corrected chi connectivity index (χ4v) is 2.23. The lowest BCUT2D eigenvalue weighted by molar-refractivity contribution is -0.0546. The minimum absolute atomic E-state index is 0.205. The number of furan rings is 1. The molecule has 0 saturated carbocycles. The number of nitrogens with zero attached hydrogens (tertiary/aromatic N) is 1. The summed E-state index contributed by atoms with van der Waals surface area (Å²) in [5, 5.41) is 8.99. The zero-order valence-electron chi connectivity index (χ0n) is 11.0. The Morgan fingerprint density at radius 2 is 2.28 bits per heavy atom. The standard InChI is InChI=1S/C13H19NO4/c1-8-7-17-9(2)5-14(8)6-11-4-12(13(15)16)10(3)18-11/h4,8-9H,5-7H2,1-3H3,(H,15,16). The number of rotatable bonds is 3. The van der Waals surface area contributed by atoms with Crippen LogP contribution in [0.4, 0.5) is 0 Å². The highest BCUT2D eigenvalue weighted by atomic mass is 16.5. The van der Waals surface area contributed by atoms with E-state index in [1.807, 2.05) is 6.92 Å². The van der Waals surface area contributed by atoms with E-state index in [0.29, 0.717) is 30.7 Å². The normalized spacial score (nSPS) is 25.3. The summed E-state index contributed by atoms with van der Waals surface area (Å²) in [5.74, 6) is 0.225. The molecule has 1 aliphatic heterocycles. The van der Waals surface area contributed by atoms with Gasteiger partial charge in [0.2, 0.25) is 0 Å². The molecule has 0 radical (unpaired) electrons. The lowest BCUT2D eigenvalue weighted by Crippen LogP contribution is -2.46. The van der Waals surface area contributed by atoms with E-state index in [2.05, 4.69) is 11.8 Å². The van der Waals surface area contributed by atoms with E-state index < -0.39 is 5.97 Å². The maximum Gasteiger partial charge on any atom is 0.339 e. The Morgan fingerprint density at radius 1 is 1.56 bits per heavy atom. The number of ether oxygens (including phenoxy) is 1. The number of aryl methyl sites for hydroxylation is 1. The predicted molar refractivity (Wildman–Crippen MR) is 65.7 cm³/mol. The molecule has 0 aliphatic carbocycles. The number of carboxylic acid groups (broad SMARTS) is 1. The van der Waals surface area contributed by atoms with Crippen molar-refractivity contribution in [3.05, 3.63) is 23.2 Å². The van der Waals surface area contributed by atoms with Crippen LogP contribution in [0.5, 0.6) is 0 Å². The van der Waals surface area contributed by atoms with Crippen LogP contribution in [0.25, 0.3) is 0 Å². The first-order valence-electron chi connectivity index (χ1n) is 6.15. The molecule has 2 unspecified atom stereocenters. The van der Waals surface area contributed by atoms with Crippen LogP contribution in [0.1, 0.15) is 35.7 Å². The van der Waals surface area contributed by atoms with Gasteiger partial charge in [0.15, 0.2) is 0 Å². The van der Waals surface area contributed by atoms with E-state index >= 15 is 0 Å². The molecule has 2 rings (SSSR count). The summed E-state index contributed by atoms with van der Waals surface area (Å²) in [5.41, 5.74) is 0.249. The van der Waals surface area contributed by atoms with Gasteiger partial charge in [0.1, 0.15) is 17.1 Å². The summed E-state index contributed by atoms with van der Waals surface area (Å²) in [4.78, 5) is 13.2. The van der Waals surface area contributed by atoms with Crippen LogP contribution in [0.3, 0.4) is 0 Å². The lowest BCUT2D eigenvalue weighted by atomic mass is 10.2. The molecule has 1 aromatic heterocycles. The van der Waals surface area contributed by atoms with E-state index in [-0.39, 0.29) is 11.7 Å². The number of hydrogen-bond donors (Lipinski definition) is 1. The lowest BCUT2D eigenvalue weighted by Gasteiger charge is -2.36. The summed E-state index contributed by atoms with van der Waals surface area (Å²) >= 11 is 0. The molecule has 100 valence electrons. The second-order valence-corrected chi connectivity index (χ2v) is 4.91. The Bertz CT molecular complexity index is 440. The minimum atomic E-state index is -0.939. The summed E-state index contributed by atoms with van der Waals surface area (Å²) in [6.07, 6.45) is 0.205. The molecule has 5 nitrogen and oxygen atoms in total. The monoisotopic (exact) mass is 253 g/mol. The number of morpholine rings is 1. The van der Waals surface area contributed by atoms with E-state index in [0.717, 1.165) is 6.54 Å². The van der Waals surface area contributed by atoms with Crippen LogP contribution < -0.4 is 0 Å². The first kappa shape index (κ1) is 13.1. The minimum Gasteiger partial charge on any atom is -0.478 e. The van der Waals surface area contributed by atoms with Crippen LogP contribution in [0.2, 0.25) is 0 Å². The average Bonchev–Trinajstić information content (AvgIpc) is 2.65. The fourth-order valence-electron chi connectivity index (χ4n) is 2.23. The zero-order chi connectivity index (χ0) is 13.3. The smallest absolute Gasteiger partial charge is 0.339 e. The van der Waals surface area contributed by atoms with Crippen LogP contribution in [0, 0.1) is 6.92 Å². The molecule has 1 N–H and O–H groups in total. The predicted octanol–water partition coefficient (Wildman–Crippen LogP) is 1.90. The van der Waals surface area contributed by atoms with Crippen LogP contribution in [0.15, 0.2) is 10.5 Å². The summed E-state index contributed by atoms with van der Waals surface area (Å²) < 4.78 is 11.1. The first-order chi connectivity index (χ1) is 8.47. The SMILES string of the molecule is Cc1oc(CN2CC(C)OCC2C)cc1C(=O)O. The zero-order valence-corrected chi connectivity index (χ0v) is 11.0. The van der Waals surface area contributed by atoms with E-state index in [1.54, 1.807) is 13.0 Å². The molecule has 1 fully saturated rings. The maximum atomic E-state index is 11.0. The maximum absolute atomic E-state index is 11.0.